The fraction of sp³-hybridized carbons (Fsp3) is 0.568. The topological polar surface area (TPSA) is 132 Å². The number of likely N-dealkylation sites (N-methyl/N-ethyl adjacent to an activating group) is 1. The van der Waals surface area contributed by atoms with Gasteiger partial charge in [0, 0.05) is 66.8 Å². The number of benzene rings is 2. The van der Waals surface area contributed by atoms with Crippen LogP contribution in [0.1, 0.15) is 85.6 Å². The predicted octanol–water partition coefficient (Wildman–Crippen LogP) is 6.72. The molecule has 0 radical (unpaired) electrons. The van der Waals surface area contributed by atoms with E-state index < -0.39 is 41.8 Å². The summed E-state index contributed by atoms with van der Waals surface area (Å²) in [6.07, 6.45) is 1.57. The Labute approximate surface area is 338 Å². The van der Waals surface area contributed by atoms with Gasteiger partial charge in [0.1, 0.15) is 29.6 Å². The number of imidazole rings is 1. The Balaban J connectivity index is 1.39. The van der Waals surface area contributed by atoms with Crippen LogP contribution in [0.5, 0.6) is 0 Å². The van der Waals surface area contributed by atoms with Crippen molar-refractivity contribution in [2.24, 2.45) is 17.8 Å². The lowest BCUT2D eigenvalue weighted by atomic mass is 9.87. The highest BCUT2D eigenvalue weighted by atomic mass is 19.1. The first-order valence-corrected chi connectivity index (χ1v) is 20.9. The van der Waals surface area contributed by atoms with E-state index in [9.17, 15) is 28.0 Å². The number of hydrogen-bond donors (Lipinski definition) is 3. The molecule has 14 heteroatoms. The third-order valence-electron chi connectivity index (χ3n) is 12.5. The molecule has 2 aromatic heterocycles. The molecule has 3 amide bonds. The Morgan fingerprint density at radius 1 is 0.948 bits per heavy atom. The molecular formula is C44H58F3N7O4. The van der Waals surface area contributed by atoms with E-state index in [-0.39, 0.29) is 67.2 Å². The Hall–Kier alpha value is -4.72. The Kier molecular flexibility index (Phi) is 13.3. The van der Waals surface area contributed by atoms with Gasteiger partial charge >= 0.3 is 0 Å². The largest absolute Gasteiger partial charge is 0.352 e. The van der Waals surface area contributed by atoms with Crippen LogP contribution in [0.2, 0.25) is 0 Å². The summed E-state index contributed by atoms with van der Waals surface area (Å²) in [7, 11) is 1.69. The molecule has 0 spiro atoms. The Morgan fingerprint density at radius 3 is 2.36 bits per heavy atom. The van der Waals surface area contributed by atoms with E-state index in [0.717, 1.165) is 6.42 Å². The monoisotopic (exact) mass is 805 g/mol. The molecule has 2 aromatic carbocycles. The number of Topliss-reactive ketones (excluding diaryl/α,β-unsaturated/α-hetero) is 1. The lowest BCUT2D eigenvalue weighted by Crippen LogP contribution is -2.51. The van der Waals surface area contributed by atoms with Crippen LogP contribution < -0.4 is 10.6 Å². The molecule has 2 fully saturated rings. The maximum Gasteiger partial charge on any atom is 0.245 e. The van der Waals surface area contributed by atoms with E-state index >= 15 is 4.39 Å². The van der Waals surface area contributed by atoms with Gasteiger partial charge in [-0.3, -0.25) is 19.2 Å². The summed E-state index contributed by atoms with van der Waals surface area (Å²) in [4.78, 5) is 65.9. The van der Waals surface area contributed by atoms with E-state index in [1.165, 1.54) is 24.3 Å². The van der Waals surface area contributed by atoms with Crippen molar-refractivity contribution in [3.8, 4) is 11.5 Å². The molecule has 2 saturated heterocycles. The van der Waals surface area contributed by atoms with Crippen molar-refractivity contribution in [3.63, 3.8) is 0 Å². The van der Waals surface area contributed by atoms with Crippen LogP contribution in [-0.2, 0) is 32.1 Å². The number of carbonyl (C=O) groups is 4. The number of fused-ring (bicyclic) bond motifs is 2. The Bertz CT molecular complexity index is 2150. The molecule has 4 heterocycles. The van der Waals surface area contributed by atoms with Crippen LogP contribution in [0.25, 0.3) is 33.5 Å². The molecule has 0 saturated carbocycles. The minimum absolute atomic E-state index is 0.0286. The van der Waals surface area contributed by atoms with Gasteiger partial charge in [-0.1, -0.05) is 34.6 Å². The van der Waals surface area contributed by atoms with Gasteiger partial charge in [0.2, 0.25) is 17.7 Å². The molecular weight excluding hydrogens is 748 g/mol. The number of aromatic nitrogens is 3. The number of alkyl halides is 1. The van der Waals surface area contributed by atoms with Crippen LogP contribution in [0, 0.1) is 29.4 Å². The molecule has 2 aliphatic heterocycles. The van der Waals surface area contributed by atoms with Crippen LogP contribution in [-0.4, -0.2) is 98.3 Å². The molecule has 58 heavy (non-hydrogen) atoms. The summed E-state index contributed by atoms with van der Waals surface area (Å²) in [5.74, 6) is -2.23. The quantitative estimate of drug-likeness (QED) is 0.115. The van der Waals surface area contributed by atoms with Gasteiger partial charge in [-0.15, -0.1) is 0 Å². The molecule has 2 aliphatic rings. The highest BCUT2D eigenvalue weighted by Gasteiger charge is 2.41. The zero-order chi connectivity index (χ0) is 42.0. The fourth-order valence-corrected chi connectivity index (χ4v) is 8.61. The number of nitrogens with one attached hydrogen (secondary N) is 3. The van der Waals surface area contributed by atoms with Crippen molar-refractivity contribution in [1.82, 2.24) is 35.0 Å². The van der Waals surface area contributed by atoms with E-state index in [4.69, 9.17) is 4.98 Å². The normalized spacial score (nSPS) is 20.6. The first-order chi connectivity index (χ1) is 27.6. The van der Waals surface area contributed by atoms with Crippen molar-refractivity contribution in [3.05, 3.63) is 53.6 Å². The summed E-state index contributed by atoms with van der Waals surface area (Å²) in [5.41, 5.74) is 2.71. The van der Waals surface area contributed by atoms with E-state index in [1.807, 2.05) is 44.1 Å². The standard InChI is InChI=1S/C44H58F3N7O4/c1-8-25(5)42(56)51-35(9-2)44(58)52-16-10-11-30(52)23-54-38-15-13-28(46)19-37(38)50-41(54)40-34(32-14-12-27(45)18-36(32)49-40)20-31-17-29(47)22-53(31)43(57)33(24(3)4)21-39(55)26(6)48-7/h12-15,18-19,24-26,29-31,33,35,48-49H,8-11,16-17,20-23H2,1-7H3,(H,51,56). The second-order valence-corrected chi connectivity index (χ2v) is 16.7. The summed E-state index contributed by atoms with van der Waals surface area (Å²) in [5, 5.41) is 6.57. The fourth-order valence-electron chi connectivity index (χ4n) is 8.61. The van der Waals surface area contributed by atoms with E-state index in [1.54, 1.807) is 31.0 Å². The summed E-state index contributed by atoms with van der Waals surface area (Å²) >= 11 is 0. The second kappa shape index (κ2) is 18.0. The maximum absolute atomic E-state index is 15.5. The number of H-pyrrole nitrogens is 1. The first kappa shape index (κ1) is 42.9. The molecule has 7 unspecified atom stereocenters. The van der Waals surface area contributed by atoms with E-state index in [2.05, 4.69) is 15.6 Å². The number of nitrogens with zero attached hydrogens (tertiary/aromatic N) is 4. The molecule has 0 bridgehead atoms. The number of hydrogen-bond acceptors (Lipinski definition) is 6. The lowest BCUT2D eigenvalue weighted by molar-refractivity contribution is -0.140. The zero-order valence-corrected chi connectivity index (χ0v) is 34.7. The number of likely N-dealkylation sites (tertiary alicyclic amines) is 2. The minimum atomic E-state index is -1.28. The van der Waals surface area contributed by atoms with Gasteiger partial charge in [0.25, 0.3) is 0 Å². The first-order valence-electron chi connectivity index (χ1n) is 20.9. The van der Waals surface area contributed by atoms with Gasteiger partial charge in [-0.25, -0.2) is 18.2 Å². The number of halogens is 3. The summed E-state index contributed by atoms with van der Waals surface area (Å²) in [6, 6.07) is 6.79. The van der Waals surface area contributed by atoms with Crippen LogP contribution >= 0.6 is 0 Å². The zero-order valence-electron chi connectivity index (χ0n) is 34.7. The molecule has 0 aliphatic carbocycles. The summed E-state index contributed by atoms with van der Waals surface area (Å²) in [6.45, 7) is 11.9. The van der Waals surface area contributed by atoms with Crippen LogP contribution in [0.3, 0.4) is 0 Å². The number of aromatic amines is 1. The molecule has 7 atom stereocenters. The number of ketones is 1. The van der Waals surface area contributed by atoms with Crippen LogP contribution in [0.15, 0.2) is 36.4 Å². The summed E-state index contributed by atoms with van der Waals surface area (Å²) < 4.78 is 47.0. The SMILES string of the molecule is CCC(C)C(=O)NC(CC)C(=O)N1CCCC1Cn1c(-c2[nH]c3cc(F)ccc3c2CC2CC(F)CN2C(=O)C(CC(=O)C(C)NC)C(C)C)nc2cc(F)ccc21. The van der Waals surface area contributed by atoms with Crippen LogP contribution in [0.4, 0.5) is 13.2 Å². The molecule has 4 aromatic rings. The molecule has 314 valence electrons. The van der Waals surface area contributed by atoms with Gasteiger partial charge < -0.3 is 30.0 Å². The van der Waals surface area contributed by atoms with Gasteiger partial charge in [-0.05, 0) is 87.9 Å². The van der Waals surface area contributed by atoms with Crippen molar-refractivity contribution in [1.29, 1.82) is 0 Å². The van der Waals surface area contributed by atoms with Gasteiger partial charge in [0.05, 0.1) is 29.3 Å². The van der Waals surface area contributed by atoms with Crippen molar-refractivity contribution in [2.45, 2.75) is 123 Å². The second-order valence-electron chi connectivity index (χ2n) is 16.7. The van der Waals surface area contributed by atoms with Crippen molar-refractivity contribution >= 4 is 45.4 Å². The number of carbonyl (C=O) groups excluding carboxylic acids is 4. The maximum atomic E-state index is 15.5. The molecule has 11 nitrogen and oxygen atoms in total. The number of amides is 3. The van der Waals surface area contributed by atoms with Gasteiger partial charge in [-0.2, -0.15) is 0 Å². The average Bonchev–Trinajstić information content (AvgIpc) is 3.98. The van der Waals surface area contributed by atoms with Gasteiger partial charge in [0.15, 0.2) is 5.82 Å². The smallest absolute Gasteiger partial charge is 0.245 e. The molecule has 3 N–H and O–H groups in total. The average molecular weight is 806 g/mol. The minimum Gasteiger partial charge on any atom is -0.352 e. The van der Waals surface area contributed by atoms with Crippen molar-refractivity contribution < 1.29 is 32.3 Å². The van der Waals surface area contributed by atoms with E-state index in [0.29, 0.717) is 71.4 Å². The third-order valence-corrected chi connectivity index (χ3v) is 12.5. The predicted molar refractivity (Wildman–Crippen MR) is 219 cm³/mol. The number of rotatable bonds is 16. The Morgan fingerprint density at radius 2 is 1.67 bits per heavy atom. The third kappa shape index (κ3) is 8.81. The highest BCUT2D eigenvalue weighted by Crippen LogP contribution is 2.38. The highest BCUT2D eigenvalue weighted by molar-refractivity contribution is 5.93. The lowest BCUT2D eigenvalue weighted by Gasteiger charge is -2.31. The molecule has 6 rings (SSSR count). The van der Waals surface area contributed by atoms with Crippen molar-refractivity contribution in [2.75, 3.05) is 20.1 Å².